The van der Waals surface area contributed by atoms with Crippen LogP contribution in [-0.4, -0.2) is 21.6 Å². The minimum Gasteiger partial charge on any atom is -0.310 e. The number of nitrogens with one attached hydrogen (secondary N) is 1. The second-order valence-electron chi connectivity index (χ2n) is 4.32. The van der Waals surface area contributed by atoms with Crippen molar-refractivity contribution in [1.29, 1.82) is 0 Å². The molecule has 0 aliphatic rings. The van der Waals surface area contributed by atoms with Crippen molar-refractivity contribution in [2.45, 2.75) is 38.5 Å². The smallest absolute Gasteiger partial charge is 0.246 e. The summed E-state index contributed by atoms with van der Waals surface area (Å²) < 4.78 is 0. The van der Waals surface area contributed by atoms with Gasteiger partial charge in [0.1, 0.15) is 11.3 Å². The van der Waals surface area contributed by atoms with Gasteiger partial charge in [0.15, 0.2) is 0 Å². The van der Waals surface area contributed by atoms with Crippen LogP contribution in [0.2, 0.25) is 5.15 Å². The van der Waals surface area contributed by atoms with Crippen molar-refractivity contribution in [3.8, 4) is 0 Å². The third-order valence-corrected chi connectivity index (χ3v) is 3.34. The monoisotopic (exact) mass is 272 g/mol. The van der Waals surface area contributed by atoms with E-state index in [2.05, 4.69) is 10.3 Å². The summed E-state index contributed by atoms with van der Waals surface area (Å²) >= 11 is 5.67. The lowest BCUT2D eigenvalue weighted by molar-refractivity contribution is -0.571. The van der Waals surface area contributed by atoms with Crippen LogP contribution < -0.4 is 11.1 Å². The summed E-state index contributed by atoms with van der Waals surface area (Å²) in [6.45, 7) is 3.69. The molecule has 0 bridgehead atoms. The first-order chi connectivity index (χ1) is 8.40. The molecule has 0 aliphatic carbocycles. The minimum absolute atomic E-state index is 0.342. The maximum Gasteiger partial charge on any atom is 0.246 e. The highest BCUT2D eigenvalue weighted by molar-refractivity contribution is 6.29. The van der Waals surface area contributed by atoms with Gasteiger partial charge in [0.2, 0.25) is 5.54 Å². The average molecular weight is 273 g/mol. The Hall–Kier alpha value is -1.24. The summed E-state index contributed by atoms with van der Waals surface area (Å²) in [6.07, 6.45) is 1.23. The summed E-state index contributed by atoms with van der Waals surface area (Å²) in [4.78, 5) is 14.6. The molecule has 0 radical (unpaired) electrons. The zero-order chi connectivity index (χ0) is 13.8. The van der Waals surface area contributed by atoms with Crippen molar-refractivity contribution >= 4 is 11.6 Å². The molecule has 1 aromatic rings. The fourth-order valence-corrected chi connectivity index (χ4v) is 1.53. The number of aromatic nitrogens is 1. The van der Waals surface area contributed by atoms with Crippen LogP contribution in [0.1, 0.15) is 25.8 Å². The highest BCUT2D eigenvalue weighted by Crippen LogP contribution is 2.16. The predicted molar refractivity (Wildman–Crippen MR) is 69.8 cm³/mol. The van der Waals surface area contributed by atoms with Gasteiger partial charge in [-0.05, 0) is 11.6 Å². The molecule has 0 fully saturated rings. The molecule has 100 valence electrons. The third kappa shape index (κ3) is 3.38. The highest BCUT2D eigenvalue weighted by atomic mass is 35.5. The van der Waals surface area contributed by atoms with Gasteiger partial charge in [-0.25, -0.2) is 4.98 Å². The van der Waals surface area contributed by atoms with Crippen LogP contribution in [0.25, 0.3) is 0 Å². The average Bonchev–Trinajstić information content (AvgIpc) is 2.36. The Bertz CT molecular complexity index is 412. The second-order valence-corrected chi connectivity index (χ2v) is 4.70. The highest BCUT2D eigenvalue weighted by Gasteiger charge is 2.41. The molecule has 0 aromatic carbocycles. The first-order valence-corrected chi connectivity index (χ1v) is 6.02. The minimum atomic E-state index is -1.18. The van der Waals surface area contributed by atoms with Crippen molar-refractivity contribution in [3.05, 3.63) is 39.2 Å². The molecule has 0 amide bonds. The molecule has 18 heavy (non-hydrogen) atoms. The van der Waals surface area contributed by atoms with Crippen LogP contribution in [0, 0.1) is 10.1 Å². The van der Waals surface area contributed by atoms with E-state index in [4.69, 9.17) is 17.3 Å². The van der Waals surface area contributed by atoms with Crippen molar-refractivity contribution < 1.29 is 4.92 Å². The molecule has 0 aliphatic heterocycles. The molecule has 6 nitrogen and oxygen atoms in total. The van der Waals surface area contributed by atoms with Gasteiger partial charge in [0.25, 0.3) is 0 Å². The molecule has 1 heterocycles. The molecule has 3 N–H and O–H groups in total. The summed E-state index contributed by atoms with van der Waals surface area (Å²) in [6, 6.07) is 3.46. The van der Waals surface area contributed by atoms with Gasteiger partial charge in [0, 0.05) is 31.0 Å². The summed E-state index contributed by atoms with van der Waals surface area (Å²) in [5.74, 6) is 0. The Labute approximate surface area is 111 Å². The molecule has 2 unspecified atom stereocenters. The molecule has 0 saturated heterocycles. The van der Waals surface area contributed by atoms with Crippen LogP contribution in [-0.2, 0) is 6.54 Å². The van der Waals surface area contributed by atoms with Gasteiger partial charge >= 0.3 is 0 Å². The lowest BCUT2D eigenvalue weighted by atomic mass is 9.96. The molecule has 1 aromatic heterocycles. The maximum atomic E-state index is 11.0. The van der Waals surface area contributed by atoms with E-state index in [1.54, 1.807) is 25.3 Å². The predicted octanol–water partition coefficient (Wildman–Crippen LogP) is 1.55. The van der Waals surface area contributed by atoms with Crippen LogP contribution in [0.4, 0.5) is 0 Å². The number of nitrogens with two attached hydrogens (primary N) is 1. The lowest BCUT2D eigenvalue weighted by Crippen LogP contribution is -2.58. The molecule has 0 saturated carbocycles. The van der Waals surface area contributed by atoms with E-state index in [0.717, 1.165) is 5.56 Å². The number of nitro groups is 1. The fourth-order valence-electron chi connectivity index (χ4n) is 1.42. The van der Waals surface area contributed by atoms with E-state index in [1.807, 2.05) is 0 Å². The van der Waals surface area contributed by atoms with Gasteiger partial charge < -0.3 is 5.73 Å². The molecular formula is C11H17ClN4O2. The van der Waals surface area contributed by atoms with E-state index >= 15 is 0 Å². The van der Waals surface area contributed by atoms with E-state index in [0.29, 0.717) is 18.1 Å². The molecular weight excluding hydrogens is 256 g/mol. The number of halogens is 1. The molecule has 0 spiro atoms. The van der Waals surface area contributed by atoms with E-state index in [9.17, 15) is 10.1 Å². The number of rotatable bonds is 6. The summed E-state index contributed by atoms with van der Waals surface area (Å²) in [5.41, 5.74) is 5.53. The lowest BCUT2D eigenvalue weighted by Gasteiger charge is -2.26. The quantitative estimate of drug-likeness (QED) is 0.355. The van der Waals surface area contributed by atoms with Gasteiger partial charge in [-0.15, -0.1) is 0 Å². The zero-order valence-corrected chi connectivity index (χ0v) is 11.1. The number of hydrogen-bond acceptors (Lipinski definition) is 5. The Balaban J connectivity index is 2.62. The van der Waals surface area contributed by atoms with E-state index in [-0.39, 0.29) is 4.92 Å². The largest absolute Gasteiger partial charge is 0.310 e. The Kier molecular flexibility index (Phi) is 5.01. The van der Waals surface area contributed by atoms with Crippen LogP contribution >= 0.6 is 11.6 Å². The first kappa shape index (κ1) is 14.8. The van der Waals surface area contributed by atoms with Crippen molar-refractivity contribution in [1.82, 2.24) is 10.3 Å². The summed E-state index contributed by atoms with van der Waals surface area (Å²) in [5, 5.41) is 14.4. The first-order valence-electron chi connectivity index (χ1n) is 5.64. The molecule has 1 rings (SSSR count). The molecule has 7 heteroatoms. The van der Waals surface area contributed by atoms with Gasteiger partial charge in [0.05, 0.1) is 0 Å². The Morgan fingerprint density at radius 2 is 2.33 bits per heavy atom. The Morgan fingerprint density at radius 1 is 1.67 bits per heavy atom. The maximum absolute atomic E-state index is 11.0. The number of nitrogens with zero attached hydrogens (tertiary/aromatic N) is 2. The van der Waals surface area contributed by atoms with E-state index < -0.39 is 11.7 Å². The van der Waals surface area contributed by atoms with Gasteiger partial charge in [-0.2, -0.15) is 0 Å². The molecule has 2 atom stereocenters. The topological polar surface area (TPSA) is 94.1 Å². The second kappa shape index (κ2) is 6.08. The fraction of sp³-hybridized carbons (Fsp3) is 0.545. The van der Waals surface area contributed by atoms with Gasteiger partial charge in [-0.3, -0.25) is 15.4 Å². The van der Waals surface area contributed by atoms with Gasteiger partial charge in [-0.1, -0.05) is 24.6 Å². The zero-order valence-electron chi connectivity index (χ0n) is 10.4. The normalized spacial score (nSPS) is 16.0. The van der Waals surface area contributed by atoms with Crippen LogP contribution in [0.15, 0.2) is 18.3 Å². The van der Waals surface area contributed by atoms with E-state index in [1.165, 1.54) is 6.92 Å². The SMILES string of the molecule is CCC(C)(C(N)NCc1ccc(Cl)nc1)[N+](=O)[O-]. The Morgan fingerprint density at radius 3 is 2.78 bits per heavy atom. The number of hydrogen-bond donors (Lipinski definition) is 2. The third-order valence-electron chi connectivity index (χ3n) is 3.12. The number of pyridine rings is 1. The van der Waals surface area contributed by atoms with Crippen molar-refractivity contribution in [3.63, 3.8) is 0 Å². The van der Waals surface area contributed by atoms with Crippen molar-refractivity contribution in [2.24, 2.45) is 5.73 Å². The van der Waals surface area contributed by atoms with Crippen LogP contribution in [0.5, 0.6) is 0 Å². The standard InChI is InChI=1S/C11H17ClN4O2/c1-3-11(2,16(17)18)10(13)15-7-8-4-5-9(12)14-6-8/h4-6,10,15H,3,7,13H2,1-2H3. The van der Waals surface area contributed by atoms with Crippen LogP contribution in [0.3, 0.4) is 0 Å². The van der Waals surface area contributed by atoms with Crippen molar-refractivity contribution in [2.75, 3.05) is 0 Å². The summed E-state index contributed by atoms with van der Waals surface area (Å²) in [7, 11) is 0.